The van der Waals surface area contributed by atoms with E-state index in [4.69, 9.17) is 15.6 Å². The number of benzene rings is 1. The lowest BCUT2D eigenvalue weighted by Crippen LogP contribution is -2.32. The summed E-state index contributed by atoms with van der Waals surface area (Å²) in [5.74, 6) is -1.15. The molecule has 1 rings (SSSR count). The quantitative estimate of drug-likeness (QED) is 0.807. The third-order valence-electron chi connectivity index (χ3n) is 2.69. The highest BCUT2D eigenvalue weighted by atomic mass is 32.2. The molecular weight excluding hydrogens is 294 g/mol. The molecule has 0 saturated carbocycles. The van der Waals surface area contributed by atoms with Gasteiger partial charge in [0.25, 0.3) is 0 Å². The standard InChI is InChI=1S/C13H13N3O4S/c14-7-1-9-16(10-2-8-15)21(19,20)12-5-3-11(4-6-12)13(17)18/h3-6H,1-2,9-10H2,(H,17,18). The minimum Gasteiger partial charge on any atom is -0.478 e. The lowest BCUT2D eigenvalue weighted by atomic mass is 10.2. The van der Waals surface area contributed by atoms with Crippen molar-refractivity contribution in [3.8, 4) is 12.1 Å². The Morgan fingerprint density at radius 2 is 1.57 bits per heavy atom. The number of aromatic carboxylic acids is 1. The second kappa shape index (κ2) is 7.39. The van der Waals surface area contributed by atoms with Crippen LogP contribution in [0.3, 0.4) is 0 Å². The third-order valence-corrected chi connectivity index (χ3v) is 4.60. The van der Waals surface area contributed by atoms with Crippen LogP contribution in [0.2, 0.25) is 0 Å². The maximum Gasteiger partial charge on any atom is 0.335 e. The number of sulfonamides is 1. The second-order valence-corrected chi connectivity index (χ2v) is 5.99. The summed E-state index contributed by atoms with van der Waals surface area (Å²) in [6, 6.07) is 8.50. The first-order valence-electron chi connectivity index (χ1n) is 6.01. The normalized spacial score (nSPS) is 10.8. The van der Waals surface area contributed by atoms with Crippen LogP contribution in [-0.2, 0) is 10.0 Å². The minimum absolute atomic E-state index is 0.0118. The van der Waals surface area contributed by atoms with Gasteiger partial charge in [0.2, 0.25) is 10.0 Å². The number of hydrogen-bond acceptors (Lipinski definition) is 5. The van der Waals surface area contributed by atoms with E-state index in [0.717, 1.165) is 4.31 Å². The van der Waals surface area contributed by atoms with Crippen LogP contribution in [0.1, 0.15) is 23.2 Å². The van der Waals surface area contributed by atoms with Crippen LogP contribution in [0.5, 0.6) is 0 Å². The van der Waals surface area contributed by atoms with E-state index in [-0.39, 0.29) is 36.4 Å². The topological polar surface area (TPSA) is 122 Å². The van der Waals surface area contributed by atoms with E-state index in [1.165, 1.54) is 24.3 Å². The summed E-state index contributed by atoms with van der Waals surface area (Å²) < 4.78 is 25.8. The largest absolute Gasteiger partial charge is 0.478 e. The van der Waals surface area contributed by atoms with Crippen LogP contribution in [0.25, 0.3) is 0 Å². The molecule has 21 heavy (non-hydrogen) atoms. The fourth-order valence-electron chi connectivity index (χ4n) is 1.62. The lowest BCUT2D eigenvalue weighted by molar-refractivity contribution is 0.0696. The third kappa shape index (κ3) is 4.28. The molecule has 0 aliphatic heterocycles. The van der Waals surface area contributed by atoms with E-state index >= 15 is 0 Å². The van der Waals surface area contributed by atoms with Crippen molar-refractivity contribution in [2.45, 2.75) is 17.7 Å². The fourth-order valence-corrected chi connectivity index (χ4v) is 3.06. The Labute approximate surface area is 122 Å². The van der Waals surface area contributed by atoms with Gasteiger partial charge in [-0.25, -0.2) is 13.2 Å². The molecule has 0 saturated heterocycles. The molecule has 1 aromatic rings. The molecule has 0 fully saturated rings. The maximum atomic E-state index is 12.4. The summed E-state index contributed by atoms with van der Waals surface area (Å²) in [4.78, 5) is 10.7. The Balaban J connectivity index is 3.07. The van der Waals surface area contributed by atoms with Crippen molar-refractivity contribution in [2.24, 2.45) is 0 Å². The van der Waals surface area contributed by atoms with Crippen molar-refractivity contribution in [3.05, 3.63) is 29.8 Å². The average molecular weight is 307 g/mol. The highest BCUT2D eigenvalue weighted by Crippen LogP contribution is 2.17. The minimum atomic E-state index is -3.85. The second-order valence-electron chi connectivity index (χ2n) is 4.05. The fraction of sp³-hybridized carbons (Fsp3) is 0.308. The molecule has 0 aliphatic rings. The maximum absolute atomic E-state index is 12.4. The summed E-state index contributed by atoms with van der Waals surface area (Å²) in [6.45, 7) is -0.0254. The highest BCUT2D eigenvalue weighted by Gasteiger charge is 2.24. The summed E-state index contributed by atoms with van der Waals surface area (Å²) in [7, 11) is -3.85. The zero-order valence-corrected chi connectivity index (χ0v) is 11.9. The molecule has 110 valence electrons. The molecule has 0 spiro atoms. The van der Waals surface area contributed by atoms with Gasteiger partial charge >= 0.3 is 5.97 Å². The van der Waals surface area contributed by atoms with Gasteiger partial charge in [-0.2, -0.15) is 14.8 Å². The molecule has 1 aromatic carbocycles. The van der Waals surface area contributed by atoms with Crippen LogP contribution in [0, 0.1) is 22.7 Å². The number of rotatable bonds is 7. The van der Waals surface area contributed by atoms with E-state index in [1.54, 1.807) is 0 Å². The van der Waals surface area contributed by atoms with Gasteiger partial charge in [0.1, 0.15) is 0 Å². The summed E-state index contributed by atoms with van der Waals surface area (Å²) in [5, 5.41) is 25.9. The van der Waals surface area contributed by atoms with Crippen molar-refractivity contribution in [1.29, 1.82) is 10.5 Å². The zero-order chi connectivity index (χ0) is 15.9. The Morgan fingerprint density at radius 3 is 1.95 bits per heavy atom. The predicted octanol–water partition coefficient (Wildman–Crippen LogP) is 1.20. The van der Waals surface area contributed by atoms with E-state index in [2.05, 4.69) is 0 Å². The first kappa shape index (κ1) is 16.6. The number of hydrogen-bond donors (Lipinski definition) is 1. The molecular formula is C13H13N3O4S. The summed E-state index contributed by atoms with van der Waals surface area (Å²) >= 11 is 0. The van der Waals surface area contributed by atoms with Gasteiger partial charge in [0, 0.05) is 25.9 Å². The first-order chi connectivity index (χ1) is 9.93. The van der Waals surface area contributed by atoms with Crippen LogP contribution >= 0.6 is 0 Å². The Bertz CT molecular complexity index is 666. The molecule has 0 bridgehead atoms. The molecule has 0 unspecified atom stereocenters. The van der Waals surface area contributed by atoms with Gasteiger partial charge < -0.3 is 5.11 Å². The number of carboxylic acids is 1. The van der Waals surface area contributed by atoms with Crippen molar-refractivity contribution >= 4 is 16.0 Å². The number of carboxylic acid groups (broad SMARTS) is 1. The molecule has 0 atom stereocenters. The zero-order valence-electron chi connectivity index (χ0n) is 11.1. The molecule has 1 N–H and O–H groups in total. The molecule has 7 nitrogen and oxygen atoms in total. The molecule has 8 heteroatoms. The van der Waals surface area contributed by atoms with E-state index < -0.39 is 16.0 Å². The summed E-state index contributed by atoms with van der Waals surface area (Å²) in [5.41, 5.74) is -0.0189. The van der Waals surface area contributed by atoms with Gasteiger partial charge in [-0.1, -0.05) is 0 Å². The summed E-state index contributed by atoms with van der Waals surface area (Å²) in [6.07, 6.45) is 0.0235. The Morgan fingerprint density at radius 1 is 1.10 bits per heavy atom. The van der Waals surface area contributed by atoms with Crippen LogP contribution in [0.4, 0.5) is 0 Å². The van der Waals surface area contributed by atoms with Crippen LogP contribution in [0.15, 0.2) is 29.2 Å². The number of nitrogens with zero attached hydrogens (tertiary/aromatic N) is 3. The molecule has 0 aromatic heterocycles. The van der Waals surface area contributed by atoms with E-state index in [0.29, 0.717) is 0 Å². The predicted molar refractivity (Wildman–Crippen MR) is 72.6 cm³/mol. The van der Waals surface area contributed by atoms with Crippen molar-refractivity contribution in [2.75, 3.05) is 13.1 Å². The van der Waals surface area contributed by atoms with Crippen molar-refractivity contribution < 1.29 is 18.3 Å². The van der Waals surface area contributed by atoms with Gasteiger partial charge in [-0.05, 0) is 24.3 Å². The highest BCUT2D eigenvalue weighted by molar-refractivity contribution is 7.89. The molecule has 0 aliphatic carbocycles. The SMILES string of the molecule is N#CCCN(CCC#N)S(=O)(=O)c1ccc(C(=O)O)cc1. The number of carbonyl (C=O) groups is 1. The number of nitriles is 2. The van der Waals surface area contributed by atoms with E-state index in [1.807, 2.05) is 12.1 Å². The van der Waals surface area contributed by atoms with Gasteiger partial charge in [-0.3, -0.25) is 0 Å². The van der Waals surface area contributed by atoms with E-state index in [9.17, 15) is 13.2 Å². The average Bonchev–Trinajstić information content (AvgIpc) is 2.47. The molecule has 0 radical (unpaired) electrons. The first-order valence-corrected chi connectivity index (χ1v) is 7.45. The van der Waals surface area contributed by atoms with Crippen molar-refractivity contribution in [1.82, 2.24) is 4.31 Å². The monoisotopic (exact) mass is 307 g/mol. The smallest absolute Gasteiger partial charge is 0.335 e. The van der Waals surface area contributed by atoms with Crippen LogP contribution in [-0.4, -0.2) is 36.9 Å². The Hall–Kier alpha value is -2.42. The Kier molecular flexibility index (Phi) is 5.85. The lowest BCUT2D eigenvalue weighted by Gasteiger charge is -2.20. The van der Waals surface area contributed by atoms with Gasteiger partial charge in [-0.15, -0.1) is 0 Å². The van der Waals surface area contributed by atoms with Crippen LogP contribution < -0.4 is 0 Å². The van der Waals surface area contributed by atoms with Gasteiger partial charge in [0.15, 0.2) is 0 Å². The molecule has 0 heterocycles. The molecule has 0 amide bonds. The van der Waals surface area contributed by atoms with Crippen molar-refractivity contribution in [3.63, 3.8) is 0 Å². The van der Waals surface area contributed by atoms with Gasteiger partial charge in [0.05, 0.1) is 22.6 Å².